The van der Waals surface area contributed by atoms with Gasteiger partial charge in [-0.05, 0) is 32.0 Å². The highest BCUT2D eigenvalue weighted by Gasteiger charge is 2.60. The van der Waals surface area contributed by atoms with E-state index in [1.54, 1.807) is 6.92 Å². The Morgan fingerprint density at radius 1 is 1.38 bits per heavy atom. The maximum absolute atomic E-state index is 16.2. The van der Waals surface area contributed by atoms with Gasteiger partial charge < -0.3 is 15.8 Å². The summed E-state index contributed by atoms with van der Waals surface area (Å²) in [5, 5.41) is 2.73. The van der Waals surface area contributed by atoms with Gasteiger partial charge in [-0.25, -0.2) is 23.1 Å². The number of nitrogens with zero attached hydrogens (tertiary/aromatic N) is 3. The first-order valence-corrected chi connectivity index (χ1v) is 11.0. The zero-order valence-corrected chi connectivity index (χ0v) is 18.3. The monoisotopic (exact) mass is 465 g/mol. The van der Waals surface area contributed by atoms with Gasteiger partial charge in [0.25, 0.3) is 5.91 Å². The van der Waals surface area contributed by atoms with Crippen molar-refractivity contribution in [3.8, 4) is 0 Å². The Morgan fingerprint density at radius 2 is 2.16 bits per heavy atom. The number of amidine groups is 1. The van der Waals surface area contributed by atoms with E-state index in [0.717, 1.165) is 24.0 Å². The molecule has 0 radical (unpaired) electrons. The molecule has 2 aromatic rings. The number of halogens is 3. The molecule has 1 fully saturated rings. The van der Waals surface area contributed by atoms with Crippen molar-refractivity contribution >= 4 is 28.5 Å². The number of alkyl halides is 2. The van der Waals surface area contributed by atoms with E-state index in [1.165, 1.54) is 25.3 Å². The van der Waals surface area contributed by atoms with Crippen LogP contribution in [-0.4, -0.2) is 45.2 Å². The van der Waals surface area contributed by atoms with Crippen LogP contribution in [0.4, 0.5) is 18.9 Å². The summed E-state index contributed by atoms with van der Waals surface area (Å²) in [6, 6.07) is 3.81. The molecule has 3 N–H and O–H groups in total. The van der Waals surface area contributed by atoms with Crippen LogP contribution in [-0.2, 0) is 10.3 Å². The maximum atomic E-state index is 16.2. The van der Waals surface area contributed by atoms with Gasteiger partial charge in [0.2, 0.25) is 0 Å². The van der Waals surface area contributed by atoms with Gasteiger partial charge in [0, 0.05) is 23.4 Å². The Balaban J connectivity index is 1.68. The van der Waals surface area contributed by atoms with Crippen molar-refractivity contribution in [3.05, 3.63) is 53.4 Å². The van der Waals surface area contributed by atoms with Crippen LogP contribution in [0.15, 0.2) is 35.6 Å². The predicted octanol–water partition coefficient (Wildman–Crippen LogP) is 3.67. The highest BCUT2D eigenvalue weighted by atomic mass is 32.2. The Labute approximate surface area is 187 Å². The van der Waals surface area contributed by atoms with Crippen LogP contribution >= 0.6 is 11.8 Å². The first-order valence-electron chi connectivity index (χ1n) is 9.99. The molecular weight excluding hydrogens is 443 g/mol. The second-order valence-corrected chi connectivity index (χ2v) is 8.98. The number of carbonyl (C=O) groups is 1. The van der Waals surface area contributed by atoms with Gasteiger partial charge in [0.1, 0.15) is 23.2 Å². The molecule has 1 unspecified atom stereocenters. The first kappa shape index (κ1) is 22.5. The number of carbonyl (C=O) groups excluding carboxylic acids is 1. The molecule has 170 valence electrons. The standard InChI is InChI=1S/C21H22F3N5O2S/c1-11-6-20(24)10-32-19(25)29-21(20,9-31-11)14-5-13(3-4-15(14)23)28-18(30)17-8-26-16(7-27-17)12(2)22/h3-5,7-8,11-12H,6,9-10H2,1-2H3,(H2,25,29)(H,28,30)/t11-,12?,20+,21+/m0/s1. The van der Waals surface area contributed by atoms with Crippen molar-refractivity contribution < 1.29 is 22.7 Å². The molecule has 1 saturated heterocycles. The summed E-state index contributed by atoms with van der Waals surface area (Å²) in [6.07, 6.45) is 0.672. The van der Waals surface area contributed by atoms with E-state index in [-0.39, 0.29) is 52.7 Å². The summed E-state index contributed by atoms with van der Waals surface area (Å²) >= 11 is 1.08. The number of benzene rings is 1. The molecule has 0 saturated carbocycles. The van der Waals surface area contributed by atoms with Crippen LogP contribution < -0.4 is 11.1 Å². The number of anilines is 1. The van der Waals surface area contributed by atoms with Crippen molar-refractivity contribution in [2.45, 2.75) is 43.8 Å². The lowest BCUT2D eigenvalue weighted by Crippen LogP contribution is -2.60. The topological polar surface area (TPSA) is 102 Å². The molecule has 2 aliphatic rings. The van der Waals surface area contributed by atoms with Crippen LogP contribution in [0.3, 0.4) is 0 Å². The third kappa shape index (κ3) is 3.95. The number of rotatable bonds is 4. The van der Waals surface area contributed by atoms with Gasteiger partial charge >= 0.3 is 0 Å². The number of thioether (sulfide) groups is 1. The average molecular weight is 466 g/mol. The fraction of sp³-hybridized carbons (Fsp3) is 0.429. The molecule has 1 amide bonds. The maximum Gasteiger partial charge on any atom is 0.275 e. The van der Waals surface area contributed by atoms with E-state index in [4.69, 9.17) is 10.5 Å². The van der Waals surface area contributed by atoms with Crippen LogP contribution in [0.2, 0.25) is 0 Å². The number of hydrogen-bond donors (Lipinski definition) is 2. The minimum absolute atomic E-state index is 0.0149. The Kier molecular flexibility index (Phi) is 5.89. The number of amides is 1. The number of nitrogens with two attached hydrogens (primary N) is 1. The SMILES string of the molecule is CC(F)c1cnc(C(=O)Nc2ccc(F)c([C@]34CO[C@@H](C)C[C@@]3(F)CSC(N)=N4)c2)cn1. The molecule has 4 rings (SSSR count). The predicted molar refractivity (Wildman–Crippen MR) is 116 cm³/mol. The number of aromatic nitrogens is 2. The van der Waals surface area contributed by atoms with E-state index < -0.39 is 29.1 Å². The van der Waals surface area contributed by atoms with E-state index >= 15 is 4.39 Å². The van der Waals surface area contributed by atoms with Gasteiger partial charge in [0.15, 0.2) is 10.8 Å². The van der Waals surface area contributed by atoms with Crippen molar-refractivity contribution in [2.75, 3.05) is 17.7 Å². The molecule has 11 heteroatoms. The molecule has 1 aromatic heterocycles. The molecule has 3 heterocycles. The normalized spacial score (nSPS) is 28.4. The highest BCUT2D eigenvalue weighted by molar-refractivity contribution is 8.13. The lowest BCUT2D eigenvalue weighted by molar-refractivity contribution is -0.107. The van der Waals surface area contributed by atoms with E-state index in [9.17, 15) is 13.6 Å². The van der Waals surface area contributed by atoms with Gasteiger partial charge in [0.05, 0.1) is 30.8 Å². The second kappa shape index (κ2) is 8.36. The van der Waals surface area contributed by atoms with Crippen LogP contribution in [0.25, 0.3) is 0 Å². The van der Waals surface area contributed by atoms with Gasteiger partial charge in [-0.2, -0.15) is 0 Å². The fourth-order valence-corrected chi connectivity index (χ4v) is 4.90. The summed E-state index contributed by atoms with van der Waals surface area (Å²) in [5.41, 5.74) is 2.54. The van der Waals surface area contributed by atoms with E-state index in [2.05, 4.69) is 20.3 Å². The minimum Gasteiger partial charge on any atom is -0.379 e. The quantitative estimate of drug-likeness (QED) is 0.714. The van der Waals surface area contributed by atoms with E-state index in [1.807, 2.05) is 0 Å². The van der Waals surface area contributed by atoms with E-state index in [0.29, 0.717) is 0 Å². The number of aliphatic imine (C=N–C) groups is 1. The highest BCUT2D eigenvalue weighted by Crippen LogP contribution is 2.52. The van der Waals surface area contributed by atoms with Crippen molar-refractivity contribution in [1.29, 1.82) is 0 Å². The van der Waals surface area contributed by atoms with Crippen LogP contribution in [0, 0.1) is 5.82 Å². The van der Waals surface area contributed by atoms with Crippen LogP contribution in [0.5, 0.6) is 0 Å². The van der Waals surface area contributed by atoms with Crippen molar-refractivity contribution in [2.24, 2.45) is 10.7 Å². The third-order valence-corrected chi connectivity index (χ3v) is 6.65. The molecule has 2 aliphatic heterocycles. The zero-order valence-electron chi connectivity index (χ0n) is 17.4. The molecular formula is C21H22F3N5O2S. The van der Waals surface area contributed by atoms with Crippen molar-refractivity contribution in [3.63, 3.8) is 0 Å². The lowest BCUT2D eigenvalue weighted by atomic mass is 9.72. The molecule has 4 atom stereocenters. The summed E-state index contributed by atoms with van der Waals surface area (Å²) in [5.74, 6) is -1.30. The molecule has 1 aromatic carbocycles. The Morgan fingerprint density at radius 3 is 2.84 bits per heavy atom. The first-order chi connectivity index (χ1) is 15.1. The largest absolute Gasteiger partial charge is 0.379 e. The van der Waals surface area contributed by atoms with Gasteiger partial charge in [-0.1, -0.05) is 11.8 Å². The summed E-state index contributed by atoms with van der Waals surface area (Å²) in [7, 11) is 0. The summed E-state index contributed by atoms with van der Waals surface area (Å²) in [6.45, 7) is 2.87. The second-order valence-electron chi connectivity index (χ2n) is 7.98. The zero-order chi connectivity index (χ0) is 23.1. The van der Waals surface area contributed by atoms with Gasteiger partial charge in [-0.3, -0.25) is 9.78 Å². The number of fused-ring (bicyclic) bond motifs is 1. The Bertz CT molecular complexity index is 1070. The smallest absolute Gasteiger partial charge is 0.275 e. The number of ether oxygens (including phenoxy) is 1. The molecule has 0 aliphatic carbocycles. The molecule has 0 bridgehead atoms. The molecule has 0 spiro atoms. The molecule has 7 nitrogen and oxygen atoms in total. The Hall–Kier alpha value is -2.66. The van der Waals surface area contributed by atoms with Gasteiger partial charge in [-0.15, -0.1) is 0 Å². The van der Waals surface area contributed by atoms with Crippen molar-refractivity contribution in [1.82, 2.24) is 9.97 Å². The minimum atomic E-state index is -1.88. The number of nitrogens with one attached hydrogen (secondary N) is 1. The van der Waals surface area contributed by atoms with Crippen LogP contribution in [0.1, 0.15) is 48.2 Å². The fourth-order valence-electron chi connectivity index (χ4n) is 3.95. The summed E-state index contributed by atoms with van der Waals surface area (Å²) < 4.78 is 50.1. The average Bonchev–Trinajstić information content (AvgIpc) is 2.75. The third-order valence-electron chi connectivity index (χ3n) is 5.66. The number of hydrogen-bond acceptors (Lipinski definition) is 7. The summed E-state index contributed by atoms with van der Waals surface area (Å²) in [4.78, 5) is 24.7. The molecule has 32 heavy (non-hydrogen) atoms. The lowest BCUT2D eigenvalue weighted by Gasteiger charge is -2.49.